The van der Waals surface area contributed by atoms with Crippen LogP contribution in [0.2, 0.25) is 5.02 Å². The number of hydrogen-bond acceptors (Lipinski definition) is 6. The van der Waals surface area contributed by atoms with Crippen molar-refractivity contribution in [2.75, 3.05) is 58.9 Å². The van der Waals surface area contributed by atoms with Crippen molar-refractivity contribution in [3.8, 4) is 0 Å². The van der Waals surface area contributed by atoms with Gasteiger partial charge in [0.1, 0.15) is 5.69 Å². The second kappa shape index (κ2) is 9.82. The molecule has 3 fully saturated rings. The van der Waals surface area contributed by atoms with E-state index in [1.54, 1.807) is 0 Å². The molecule has 3 heterocycles. The van der Waals surface area contributed by atoms with Gasteiger partial charge in [-0.05, 0) is 36.7 Å². The molecule has 3 aliphatic rings. The summed E-state index contributed by atoms with van der Waals surface area (Å²) in [7, 11) is 0. The van der Waals surface area contributed by atoms with Gasteiger partial charge in [0, 0.05) is 38.3 Å². The summed E-state index contributed by atoms with van der Waals surface area (Å²) in [5.74, 6) is 0. The van der Waals surface area contributed by atoms with Gasteiger partial charge in [0.25, 0.3) is 5.69 Å². The van der Waals surface area contributed by atoms with Crippen LogP contribution in [0, 0.1) is 10.1 Å². The minimum Gasteiger partial charge on any atom is -0.319 e. The fourth-order valence-corrected chi connectivity index (χ4v) is 4.48. The van der Waals surface area contributed by atoms with Gasteiger partial charge < -0.3 is 9.80 Å². The highest BCUT2D eigenvalue weighted by atomic mass is 35.5. The monoisotopic (exact) mass is 443 g/mol. The van der Waals surface area contributed by atoms with E-state index in [1.807, 2.05) is 12.1 Å². The lowest BCUT2D eigenvalue weighted by Crippen LogP contribution is -2.68. The third-order valence-electron chi connectivity index (χ3n) is 6.38. The second-order valence-corrected chi connectivity index (χ2v) is 8.74. The summed E-state index contributed by atoms with van der Waals surface area (Å²) in [6, 6.07) is 12.1. The molecular formula is C22H28ClN6O2+. The number of nitrogens with one attached hydrogen (secondary N) is 1. The normalized spacial score (nSPS) is 22.8. The molecule has 5 rings (SSSR count). The lowest BCUT2D eigenvalue weighted by Gasteiger charge is -2.50. The van der Waals surface area contributed by atoms with E-state index >= 15 is 0 Å². The predicted molar refractivity (Wildman–Crippen MR) is 121 cm³/mol. The predicted octanol–water partition coefficient (Wildman–Crippen LogP) is 3.94. The van der Waals surface area contributed by atoms with Gasteiger partial charge in [-0.1, -0.05) is 23.7 Å². The SMILES string of the molecule is O=[N+]([O-])c1ccc(N=Nc2ccc(CCNCC[N+]34CCN(CC3)CC4)cc2)c(Cl)c1. The standard InChI is InChI=1S/C22H28ClN6O2/c23-21-17-20(28(30)31)5-6-22(21)26-25-19-3-1-18(2-4-19)7-8-24-9-13-29-14-10-27(11-15-29)12-16-29/h1-6,17,24H,7-16H2/q+1. The number of rotatable bonds is 9. The van der Waals surface area contributed by atoms with E-state index in [9.17, 15) is 10.1 Å². The molecule has 0 unspecified atom stereocenters. The number of fused-ring (bicyclic) bond motifs is 3. The number of nitrogens with zero attached hydrogens (tertiary/aromatic N) is 5. The first-order valence-corrected chi connectivity index (χ1v) is 11.1. The van der Waals surface area contributed by atoms with Gasteiger partial charge in [0.2, 0.25) is 0 Å². The Morgan fingerprint density at radius 1 is 1.03 bits per heavy atom. The number of non-ortho nitro benzene ring substituents is 1. The molecule has 8 nitrogen and oxygen atoms in total. The maximum Gasteiger partial charge on any atom is 0.271 e. The molecule has 0 saturated carbocycles. The van der Waals surface area contributed by atoms with Gasteiger partial charge >= 0.3 is 0 Å². The molecule has 2 aromatic rings. The number of halogens is 1. The van der Waals surface area contributed by atoms with E-state index in [1.165, 1.54) is 74.1 Å². The van der Waals surface area contributed by atoms with Gasteiger partial charge in [-0.3, -0.25) is 15.0 Å². The molecule has 3 saturated heterocycles. The topological polar surface area (TPSA) is 83.1 Å². The molecule has 0 amide bonds. The van der Waals surface area contributed by atoms with Crippen molar-refractivity contribution in [2.24, 2.45) is 10.2 Å². The molecule has 3 aliphatic heterocycles. The Hall–Kier alpha value is -2.39. The largest absolute Gasteiger partial charge is 0.319 e. The first-order chi connectivity index (χ1) is 15.0. The molecular weight excluding hydrogens is 416 g/mol. The van der Waals surface area contributed by atoms with Gasteiger partial charge in [0.15, 0.2) is 0 Å². The number of azo groups is 1. The van der Waals surface area contributed by atoms with Crippen LogP contribution < -0.4 is 5.32 Å². The Labute approximate surface area is 187 Å². The zero-order valence-corrected chi connectivity index (χ0v) is 18.3. The van der Waals surface area contributed by atoms with E-state index < -0.39 is 4.92 Å². The molecule has 0 aromatic heterocycles. The highest BCUT2D eigenvalue weighted by Crippen LogP contribution is 2.30. The summed E-state index contributed by atoms with van der Waals surface area (Å²) in [4.78, 5) is 12.9. The summed E-state index contributed by atoms with van der Waals surface area (Å²) in [6.45, 7) is 11.0. The summed E-state index contributed by atoms with van der Waals surface area (Å²) < 4.78 is 1.29. The Kier molecular flexibility index (Phi) is 6.92. The van der Waals surface area contributed by atoms with Crippen LogP contribution in [0.3, 0.4) is 0 Å². The van der Waals surface area contributed by atoms with E-state index in [4.69, 9.17) is 11.6 Å². The van der Waals surface area contributed by atoms with Crippen molar-refractivity contribution in [3.05, 3.63) is 63.2 Å². The Morgan fingerprint density at radius 2 is 1.74 bits per heavy atom. The zero-order valence-electron chi connectivity index (χ0n) is 17.5. The van der Waals surface area contributed by atoms with Gasteiger partial charge in [-0.15, -0.1) is 5.11 Å². The average molecular weight is 444 g/mol. The first kappa shape index (κ1) is 21.8. The third-order valence-corrected chi connectivity index (χ3v) is 6.68. The molecule has 2 aromatic carbocycles. The van der Waals surface area contributed by atoms with Crippen molar-refractivity contribution in [3.63, 3.8) is 0 Å². The number of nitro benzene ring substituents is 1. The van der Waals surface area contributed by atoms with Crippen LogP contribution in [0.5, 0.6) is 0 Å². The molecule has 0 spiro atoms. The van der Waals surface area contributed by atoms with Crippen LogP contribution in [-0.2, 0) is 6.42 Å². The first-order valence-electron chi connectivity index (χ1n) is 10.8. The zero-order chi connectivity index (χ0) is 21.7. The van der Waals surface area contributed by atoms with Crippen molar-refractivity contribution in [2.45, 2.75) is 6.42 Å². The van der Waals surface area contributed by atoms with Crippen LogP contribution in [0.15, 0.2) is 52.7 Å². The third kappa shape index (κ3) is 5.65. The van der Waals surface area contributed by atoms with Crippen LogP contribution >= 0.6 is 11.6 Å². The molecule has 0 radical (unpaired) electrons. The fourth-order valence-electron chi connectivity index (χ4n) is 4.27. The van der Waals surface area contributed by atoms with Crippen molar-refractivity contribution in [1.82, 2.24) is 10.2 Å². The van der Waals surface area contributed by atoms with E-state index in [0.29, 0.717) is 11.4 Å². The number of hydrogen-bond donors (Lipinski definition) is 1. The van der Waals surface area contributed by atoms with E-state index in [2.05, 4.69) is 32.6 Å². The molecule has 1 N–H and O–H groups in total. The summed E-state index contributed by atoms with van der Waals surface area (Å²) in [6.07, 6.45) is 0.972. The van der Waals surface area contributed by atoms with Gasteiger partial charge in [0.05, 0.1) is 41.8 Å². The van der Waals surface area contributed by atoms with Crippen LogP contribution in [-0.4, -0.2) is 73.2 Å². The molecule has 0 aliphatic carbocycles. The quantitative estimate of drug-likeness (QED) is 0.209. The van der Waals surface area contributed by atoms with Crippen molar-refractivity contribution in [1.29, 1.82) is 0 Å². The Balaban J connectivity index is 1.21. The molecule has 2 bridgehead atoms. The van der Waals surface area contributed by atoms with Crippen molar-refractivity contribution < 1.29 is 9.41 Å². The maximum atomic E-state index is 10.8. The Bertz CT molecular complexity index is 928. The molecule has 31 heavy (non-hydrogen) atoms. The highest BCUT2D eigenvalue weighted by Gasteiger charge is 2.37. The second-order valence-electron chi connectivity index (χ2n) is 8.34. The van der Waals surface area contributed by atoms with Crippen LogP contribution in [0.1, 0.15) is 5.56 Å². The molecule has 9 heteroatoms. The molecule has 164 valence electrons. The number of piperazine rings is 3. The summed E-state index contributed by atoms with van der Waals surface area (Å²) >= 11 is 6.05. The number of benzene rings is 2. The van der Waals surface area contributed by atoms with Gasteiger partial charge in [-0.25, -0.2) is 0 Å². The minimum atomic E-state index is -0.489. The summed E-state index contributed by atoms with van der Waals surface area (Å²) in [5.41, 5.74) is 2.30. The number of nitro groups is 1. The smallest absolute Gasteiger partial charge is 0.271 e. The maximum absolute atomic E-state index is 10.8. The fraction of sp³-hybridized carbons (Fsp3) is 0.455. The van der Waals surface area contributed by atoms with Crippen LogP contribution in [0.4, 0.5) is 17.1 Å². The van der Waals surface area contributed by atoms with Crippen molar-refractivity contribution >= 4 is 28.7 Å². The Morgan fingerprint density at radius 3 is 2.39 bits per heavy atom. The van der Waals surface area contributed by atoms with E-state index in [0.717, 1.165) is 19.5 Å². The molecule has 0 atom stereocenters. The highest BCUT2D eigenvalue weighted by molar-refractivity contribution is 6.33. The minimum absolute atomic E-state index is 0.0652. The van der Waals surface area contributed by atoms with Gasteiger partial charge in [-0.2, -0.15) is 5.11 Å². The lowest BCUT2D eigenvalue weighted by atomic mass is 10.1. The van der Waals surface area contributed by atoms with E-state index in [-0.39, 0.29) is 10.7 Å². The lowest BCUT2D eigenvalue weighted by molar-refractivity contribution is -0.939. The summed E-state index contributed by atoms with van der Waals surface area (Å²) in [5, 5.41) is 22.9. The number of quaternary nitrogens is 1. The van der Waals surface area contributed by atoms with Crippen LogP contribution in [0.25, 0.3) is 0 Å². The average Bonchev–Trinajstić information content (AvgIpc) is 2.80.